The highest BCUT2D eigenvalue weighted by atomic mass is 35.5. The quantitative estimate of drug-likeness (QED) is 0.513. The Balaban J connectivity index is 1.72. The smallest absolute Gasteiger partial charge is 0.267 e. The minimum Gasteiger partial charge on any atom is -0.267 e. The van der Waals surface area contributed by atoms with Crippen molar-refractivity contribution < 1.29 is 4.79 Å². The summed E-state index contributed by atoms with van der Waals surface area (Å²) in [7, 11) is 0. The zero-order chi connectivity index (χ0) is 17.6. The van der Waals surface area contributed by atoms with Crippen LogP contribution in [0.1, 0.15) is 22.8 Å². The van der Waals surface area contributed by atoms with Crippen LogP contribution in [0.15, 0.2) is 84.0 Å². The Morgan fingerprint density at radius 1 is 0.840 bits per heavy atom. The first kappa shape index (κ1) is 16.9. The number of carbonyl (C=O) groups excluding carboxylic acids is 1. The number of benzene rings is 3. The molecular weight excluding hydrogens is 332 g/mol. The van der Waals surface area contributed by atoms with Crippen LogP contribution in [0, 0.1) is 0 Å². The fourth-order valence-corrected chi connectivity index (χ4v) is 2.66. The summed E-state index contributed by atoms with van der Waals surface area (Å²) >= 11 is 6.02. The Kier molecular flexibility index (Phi) is 5.26. The molecule has 4 heteroatoms. The molecule has 3 rings (SSSR count). The molecule has 0 heterocycles. The Hall–Kier alpha value is -2.91. The number of hydrogen-bond donors (Lipinski definition) is 1. The number of nitrogens with zero attached hydrogens (tertiary/aromatic N) is 1. The molecule has 0 bridgehead atoms. The first-order valence-electron chi connectivity index (χ1n) is 7.90. The maximum atomic E-state index is 12.1. The highest BCUT2D eigenvalue weighted by Gasteiger charge is 2.08. The topological polar surface area (TPSA) is 41.5 Å². The Morgan fingerprint density at radius 2 is 1.44 bits per heavy atom. The monoisotopic (exact) mass is 348 g/mol. The highest BCUT2D eigenvalue weighted by Crippen LogP contribution is 2.19. The van der Waals surface area contributed by atoms with Gasteiger partial charge in [-0.2, -0.15) is 5.10 Å². The van der Waals surface area contributed by atoms with Crippen molar-refractivity contribution in [2.24, 2.45) is 5.10 Å². The molecule has 0 saturated carbocycles. The summed E-state index contributed by atoms with van der Waals surface area (Å²) in [6.45, 7) is 1.85. The van der Waals surface area contributed by atoms with E-state index in [1.807, 2.05) is 49.4 Å². The molecule has 0 aliphatic rings. The van der Waals surface area contributed by atoms with Crippen molar-refractivity contribution in [1.82, 2.24) is 5.43 Å². The van der Waals surface area contributed by atoms with Gasteiger partial charge in [0.25, 0.3) is 5.91 Å². The zero-order valence-corrected chi connectivity index (χ0v) is 14.5. The highest BCUT2D eigenvalue weighted by molar-refractivity contribution is 6.33. The summed E-state index contributed by atoms with van der Waals surface area (Å²) in [5.41, 5.74) is 6.92. The van der Waals surface area contributed by atoms with Crippen molar-refractivity contribution in [2.75, 3.05) is 0 Å². The minimum atomic E-state index is -0.328. The van der Waals surface area contributed by atoms with Gasteiger partial charge in [-0.3, -0.25) is 4.79 Å². The van der Waals surface area contributed by atoms with Crippen molar-refractivity contribution in [3.63, 3.8) is 0 Å². The minimum absolute atomic E-state index is 0.328. The molecule has 0 spiro atoms. The SMILES string of the molecule is C/C(=N\NC(=O)c1ccccc1Cl)c1ccc(-c2ccccc2)cc1. The molecule has 0 atom stereocenters. The number of hydrazone groups is 1. The van der Waals surface area contributed by atoms with Crippen molar-refractivity contribution >= 4 is 23.2 Å². The Morgan fingerprint density at radius 3 is 2.12 bits per heavy atom. The van der Waals surface area contributed by atoms with E-state index in [1.165, 1.54) is 0 Å². The zero-order valence-electron chi connectivity index (χ0n) is 13.7. The second-order valence-electron chi connectivity index (χ2n) is 5.56. The lowest BCUT2D eigenvalue weighted by Gasteiger charge is -2.06. The van der Waals surface area contributed by atoms with E-state index in [1.54, 1.807) is 24.3 Å². The van der Waals surface area contributed by atoms with Gasteiger partial charge >= 0.3 is 0 Å². The third-order valence-electron chi connectivity index (χ3n) is 3.85. The molecule has 3 aromatic carbocycles. The van der Waals surface area contributed by atoms with Crippen molar-refractivity contribution in [1.29, 1.82) is 0 Å². The number of nitrogens with one attached hydrogen (secondary N) is 1. The number of amides is 1. The summed E-state index contributed by atoms with van der Waals surface area (Å²) in [5, 5.41) is 4.58. The van der Waals surface area contributed by atoms with Gasteiger partial charge in [-0.25, -0.2) is 5.43 Å². The molecule has 0 radical (unpaired) electrons. The van der Waals surface area contributed by atoms with Crippen LogP contribution in [0.4, 0.5) is 0 Å². The van der Waals surface area contributed by atoms with Crippen LogP contribution < -0.4 is 5.43 Å². The molecule has 1 N–H and O–H groups in total. The summed E-state index contributed by atoms with van der Waals surface area (Å²) in [5.74, 6) is -0.328. The van der Waals surface area contributed by atoms with Crippen molar-refractivity contribution in [2.45, 2.75) is 6.92 Å². The van der Waals surface area contributed by atoms with Gasteiger partial charge in [0.1, 0.15) is 0 Å². The normalized spacial score (nSPS) is 11.2. The number of hydrogen-bond acceptors (Lipinski definition) is 2. The third-order valence-corrected chi connectivity index (χ3v) is 4.18. The first-order valence-corrected chi connectivity index (χ1v) is 8.28. The van der Waals surface area contributed by atoms with E-state index in [-0.39, 0.29) is 5.91 Å². The van der Waals surface area contributed by atoms with Crippen LogP contribution in [0.5, 0.6) is 0 Å². The predicted molar refractivity (Wildman–Crippen MR) is 103 cm³/mol. The van der Waals surface area contributed by atoms with Gasteiger partial charge in [0.2, 0.25) is 0 Å². The van der Waals surface area contributed by atoms with Crippen molar-refractivity contribution in [3.8, 4) is 11.1 Å². The predicted octanol–water partition coefficient (Wildman–Crippen LogP) is 5.16. The van der Waals surface area contributed by atoms with Crippen LogP contribution in [0.2, 0.25) is 5.02 Å². The maximum Gasteiger partial charge on any atom is 0.272 e. The molecule has 0 unspecified atom stereocenters. The number of rotatable bonds is 4. The lowest BCUT2D eigenvalue weighted by Crippen LogP contribution is -2.19. The summed E-state index contributed by atoms with van der Waals surface area (Å²) in [6, 6.07) is 25.1. The van der Waals surface area contributed by atoms with E-state index in [4.69, 9.17) is 11.6 Å². The standard InChI is InChI=1S/C21H17ClN2O/c1-15(23-24-21(25)19-9-5-6-10-20(19)22)16-11-13-18(14-12-16)17-7-3-2-4-8-17/h2-14H,1H3,(H,24,25)/b23-15+. The lowest BCUT2D eigenvalue weighted by atomic mass is 10.0. The molecule has 0 fully saturated rings. The molecule has 3 nitrogen and oxygen atoms in total. The van der Waals surface area contributed by atoms with Gasteiger partial charge in [0.05, 0.1) is 16.3 Å². The van der Waals surface area contributed by atoms with Gasteiger partial charge in [0.15, 0.2) is 0 Å². The van der Waals surface area contributed by atoms with E-state index in [0.717, 1.165) is 22.4 Å². The largest absolute Gasteiger partial charge is 0.272 e. The van der Waals surface area contributed by atoms with Crippen molar-refractivity contribution in [3.05, 3.63) is 95.0 Å². The van der Waals surface area contributed by atoms with Crippen LogP contribution in [-0.2, 0) is 0 Å². The lowest BCUT2D eigenvalue weighted by molar-refractivity contribution is 0.0955. The summed E-state index contributed by atoms with van der Waals surface area (Å²) in [6.07, 6.45) is 0. The van der Waals surface area contributed by atoms with Crippen LogP contribution in [0.3, 0.4) is 0 Å². The Bertz CT molecular complexity index is 903. The molecule has 0 saturated heterocycles. The third kappa shape index (κ3) is 4.14. The van der Waals surface area contributed by atoms with Gasteiger partial charge in [-0.15, -0.1) is 0 Å². The van der Waals surface area contributed by atoms with E-state index < -0.39 is 0 Å². The fourth-order valence-electron chi connectivity index (χ4n) is 2.44. The average Bonchev–Trinajstić information content (AvgIpc) is 2.67. The molecule has 3 aromatic rings. The second-order valence-corrected chi connectivity index (χ2v) is 5.97. The van der Waals surface area contributed by atoms with Gasteiger partial charge in [-0.05, 0) is 35.7 Å². The molecule has 25 heavy (non-hydrogen) atoms. The summed E-state index contributed by atoms with van der Waals surface area (Å²) < 4.78 is 0. The maximum absolute atomic E-state index is 12.1. The van der Waals surface area contributed by atoms with Crippen LogP contribution >= 0.6 is 11.6 Å². The molecule has 0 aromatic heterocycles. The van der Waals surface area contributed by atoms with E-state index >= 15 is 0 Å². The molecule has 0 aliphatic carbocycles. The van der Waals surface area contributed by atoms with Gasteiger partial charge in [0, 0.05) is 0 Å². The second kappa shape index (κ2) is 7.77. The first-order chi connectivity index (χ1) is 12.1. The average molecular weight is 349 g/mol. The fraction of sp³-hybridized carbons (Fsp3) is 0.0476. The number of halogens is 1. The molecule has 0 aliphatic heterocycles. The molecule has 124 valence electrons. The molecule has 1 amide bonds. The summed E-state index contributed by atoms with van der Waals surface area (Å²) in [4.78, 5) is 12.1. The van der Waals surface area contributed by atoms with E-state index in [0.29, 0.717) is 10.6 Å². The molecular formula is C21H17ClN2O. The van der Waals surface area contributed by atoms with Gasteiger partial charge in [-0.1, -0.05) is 78.3 Å². The van der Waals surface area contributed by atoms with Gasteiger partial charge < -0.3 is 0 Å². The van der Waals surface area contributed by atoms with Crippen LogP contribution in [-0.4, -0.2) is 11.6 Å². The van der Waals surface area contributed by atoms with Crippen LogP contribution in [0.25, 0.3) is 11.1 Å². The van der Waals surface area contributed by atoms with E-state index in [2.05, 4.69) is 22.7 Å². The Labute approximate surface area is 152 Å². The van der Waals surface area contributed by atoms with E-state index in [9.17, 15) is 4.79 Å². The number of carbonyl (C=O) groups is 1.